The molecule has 0 aliphatic carbocycles. The lowest BCUT2D eigenvalue weighted by molar-refractivity contribution is 0.234. The van der Waals surface area contributed by atoms with Crippen molar-refractivity contribution in [3.8, 4) is 33.8 Å². The van der Waals surface area contributed by atoms with Crippen molar-refractivity contribution in [1.29, 1.82) is 0 Å². The quantitative estimate of drug-likeness (QED) is 0.149. The molecule has 0 saturated carbocycles. The number of rotatable bonds is 7. The van der Waals surface area contributed by atoms with Crippen LogP contribution >= 0.6 is 0 Å². The normalized spacial score (nSPS) is 17.0. The molecule has 0 radical (unpaired) electrons. The highest BCUT2D eigenvalue weighted by Crippen LogP contribution is 2.28. The van der Waals surface area contributed by atoms with Gasteiger partial charge in [0.25, 0.3) is 16.7 Å². The van der Waals surface area contributed by atoms with Crippen LogP contribution in [0.15, 0.2) is 143 Å². The van der Waals surface area contributed by atoms with E-state index in [0.717, 1.165) is 99.3 Å². The van der Waals surface area contributed by atoms with Crippen molar-refractivity contribution in [2.45, 2.75) is 65.6 Å². The van der Waals surface area contributed by atoms with E-state index in [9.17, 15) is 27.6 Å². The smallest absolute Gasteiger partial charge is 0.258 e. The fourth-order valence-electron chi connectivity index (χ4n) is 12.4. The molecule has 0 amide bonds. The number of piperidine rings is 1. The standard InChI is InChI=1S/C23H25FN6O.2C22H23FN6O/c1-15-12-29-13-16(10-19(24)23(29)25-15)20-11-22(31)30-14-18(4-5-21(30)26-20)28-8-6-17(7-9-28)27(2)3;2*1-14-10-28-12-16(8-18(23)22(28)24-14)19-9-21(30)29-13-17(4-5-20(29)25-19)27-7-6-26(3)15(2)11-27/h4-5,10-14,17H,6-9H2,1-3H3;2*4-5,8-10,12-13,15H,6-7,11H2,1-3H3/t;2*15-/m.10/s1. The first-order chi connectivity index (χ1) is 43.7. The number of imidazole rings is 3. The van der Waals surface area contributed by atoms with Crippen molar-refractivity contribution in [1.82, 2.24) is 71.0 Å². The molecule has 21 nitrogen and oxygen atoms in total. The molecule has 12 aromatic rings. The molecule has 2 atom stereocenters. The molecular weight excluding hydrogens is 1160 g/mol. The summed E-state index contributed by atoms with van der Waals surface area (Å²) in [4.78, 5) is 78.8. The number of aryl methyl sites for hydroxylation is 3. The van der Waals surface area contributed by atoms with Gasteiger partial charge in [0.05, 0.1) is 51.2 Å². The van der Waals surface area contributed by atoms with Gasteiger partial charge in [-0.15, -0.1) is 0 Å². The van der Waals surface area contributed by atoms with E-state index in [4.69, 9.17) is 0 Å². The van der Waals surface area contributed by atoms with Gasteiger partial charge in [-0.1, -0.05) is 0 Å². The largest absolute Gasteiger partial charge is 0.370 e. The first-order valence-corrected chi connectivity index (χ1v) is 30.5. The molecule has 0 spiro atoms. The zero-order valence-electron chi connectivity index (χ0n) is 52.3. The fraction of sp³-hybridized carbons (Fsp3) is 0.328. The average Bonchev–Trinajstić information content (AvgIpc) is 1.81. The van der Waals surface area contributed by atoms with Crippen LogP contribution in [-0.2, 0) is 0 Å². The molecular formula is C67H71F3N18O3. The SMILES string of the molecule is Cc1cn2cc(-c3cc(=O)n4cc(N5CCC(N(C)C)CC5)ccc4n3)cc(F)c2n1.Cc1cn2cc(-c3cc(=O)n4cc(N5CCN(C)[C@@H](C)C5)ccc4n3)cc(F)c2n1.Cc1cn2cc(-c3cc(=O)n4cc(N5CCN(C)[C@H](C)C5)ccc4n3)cc(F)c2n1. The second-order valence-corrected chi connectivity index (χ2v) is 24.6. The summed E-state index contributed by atoms with van der Waals surface area (Å²) >= 11 is 0. The Balaban J connectivity index is 0.000000125. The molecule has 3 saturated heterocycles. The predicted molar refractivity (Wildman–Crippen MR) is 349 cm³/mol. The van der Waals surface area contributed by atoms with Gasteiger partial charge in [-0.2, -0.15) is 0 Å². The molecule has 0 bridgehead atoms. The summed E-state index contributed by atoms with van der Waals surface area (Å²) in [5.74, 6) is -1.33. The summed E-state index contributed by atoms with van der Waals surface area (Å²) in [6, 6.07) is 21.5. The van der Waals surface area contributed by atoms with Crippen molar-refractivity contribution in [3.63, 3.8) is 0 Å². The fourth-order valence-corrected chi connectivity index (χ4v) is 12.4. The first-order valence-electron chi connectivity index (χ1n) is 30.5. The van der Waals surface area contributed by atoms with E-state index in [2.05, 4.69) is 101 Å². The third-order valence-corrected chi connectivity index (χ3v) is 17.9. The second-order valence-electron chi connectivity index (χ2n) is 24.6. The minimum Gasteiger partial charge on any atom is -0.370 e. The Morgan fingerprint density at radius 2 is 0.747 bits per heavy atom. The van der Waals surface area contributed by atoms with Crippen LogP contribution in [0, 0.1) is 38.2 Å². The highest BCUT2D eigenvalue weighted by atomic mass is 19.1. The highest BCUT2D eigenvalue weighted by Gasteiger charge is 2.25. The lowest BCUT2D eigenvalue weighted by Crippen LogP contribution is -2.50. The van der Waals surface area contributed by atoms with Gasteiger partial charge < -0.3 is 42.6 Å². The van der Waals surface area contributed by atoms with Crippen LogP contribution in [0.4, 0.5) is 30.2 Å². The van der Waals surface area contributed by atoms with Gasteiger partial charge >= 0.3 is 0 Å². The van der Waals surface area contributed by atoms with E-state index in [0.29, 0.717) is 68.8 Å². The average molecular weight is 1230 g/mol. The Kier molecular flexibility index (Phi) is 16.0. The van der Waals surface area contributed by atoms with E-state index < -0.39 is 17.5 Å². The lowest BCUT2D eigenvalue weighted by atomic mass is 10.0. The number of hydrogen-bond acceptors (Lipinski definition) is 15. The Morgan fingerprint density at radius 1 is 0.418 bits per heavy atom. The third kappa shape index (κ3) is 12.1. The number of likely N-dealkylation sites (N-methyl/N-ethyl adjacent to an activating group) is 2. The molecule has 0 N–H and O–H groups in total. The van der Waals surface area contributed by atoms with Crippen LogP contribution in [0.25, 0.3) is 67.7 Å². The monoisotopic (exact) mass is 1230 g/mol. The maximum absolute atomic E-state index is 14.5. The number of aromatic nitrogens is 12. The predicted octanol–water partition coefficient (Wildman–Crippen LogP) is 8.18. The van der Waals surface area contributed by atoms with E-state index in [-0.39, 0.29) is 33.6 Å². The molecule has 3 aliphatic rings. The van der Waals surface area contributed by atoms with Crippen LogP contribution in [0.5, 0.6) is 0 Å². The number of anilines is 3. The van der Waals surface area contributed by atoms with Gasteiger partial charge in [0.2, 0.25) is 0 Å². The molecule has 24 heteroatoms. The Labute approximate surface area is 521 Å². The van der Waals surface area contributed by atoms with Gasteiger partial charge in [-0.05, 0) is 130 Å². The molecule has 3 aliphatic heterocycles. The topological polar surface area (TPSA) is 174 Å². The van der Waals surface area contributed by atoms with E-state index in [1.165, 1.54) is 36.4 Å². The van der Waals surface area contributed by atoms with Crippen molar-refractivity contribution in [3.05, 3.63) is 194 Å². The summed E-state index contributed by atoms with van der Waals surface area (Å²) in [6.45, 7) is 17.3. The van der Waals surface area contributed by atoms with Crippen molar-refractivity contribution < 1.29 is 13.2 Å². The maximum Gasteiger partial charge on any atom is 0.258 e. The Morgan fingerprint density at radius 3 is 1.07 bits per heavy atom. The zero-order chi connectivity index (χ0) is 63.7. The molecule has 15 heterocycles. The molecule has 12 aromatic heterocycles. The molecule has 91 heavy (non-hydrogen) atoms. The molecule has 15 rings (SSSR count). The number of piperazine rings is 2. The second kappa shape index (κ2) is 24.2. The van der Waals surface area contributed by atoms with Gasteiger partial charge in [0.15, 0.2) is 34.4 Å². The van der Waals surface area contributed by atoms with E-state index in [1.54, 1.807) is 63.6 Å². The summed E-state index contributed by atoms with van der Waals surface area (Å²) in [5.41, 5.74) is 9.95. The number of nitrogens with zero attached hydrogens (tertiary/aromatic N) is 18. The van der Waals surface area contributed by atoms with Crippen LogP contribution in [0.2, 0.25) is 0 Å². The third-order valence-electron chi connectivity index (χ3n) is 17.9. The van der Waals surface area contributed by atoms with Crippen LogP contribution in [-0.4, -0.2) is 170 Å². The zero-order valence-corrected chi connectivity index (χ0v) is 52.3. The number of halogens is 3. The molecule has 0 unspecified atom stereocenters. The number of fused-ring (bicyclic) bond motifs is 6. The number of hydrogen-bond donors (Lipinski definition) is 0. The van der Waals surface area contributed by atoms with Gasteiger partial charge in [0.1, 0.15) is 16.9 Å². The first kappa shape index (κ1) is 60.1. The molecule has 468 valence electrons. The Hall–Kier alpha value is -9.78. The minimum absolute atomic E-state index is 0.188. The van der Waals surface area contributed by atoms with Gasteiger partial charge in [-0.3, -0.25) is 27.6 Å². The van der Waals surface area contributed by atoms with Crippen molar-refractivity contribution in [2.75, 3.05) is 95.2 Å². The molecule has 3 fully saturated rings. The van der Waals surface area contributed by atoms with Crippen molar-refractivity contribution in [2.24, 2.45) is 0 Å². The van der Waals surface area contributed by atoms with E-state index >= 15 is 0 Å². The summed E-state index contributed by atoms with van der Waals surface area (Å²) in [7, 11) is 8.50. The van der Waals surface area contributed by atoms with Crippen molar-refractivity contribution >= 4 is 50.9 Å². The lowest BCUT2D eigenvalue weighted by Gasteiger charge is -2.39. The minimum atomic E-state index is -0.442. The van der Waals surface area contributed by atoms with Gasteiger partial charge in [0, 0.05) is 161 Å². The van der Waals surface area contributed by atoms with Crippen LogP contribution in [0.1, 0.15) is 43.8 Å². The summed E-state index contributed by atoms with van der Waals surface area (Å²) < 4.78 is 53.0. The van der Waals surface area contributed by atoms with E-state index in [1.807, 2.05) is 75.8 Å². The summed E-state index contributed by atoms with van der Waals surface area (Å²) in [5, 5.41) is 0. The number of pyridine rings is 6. The highest BCUT2D eigenvalue weighted by molar-refractivity contribution is 5.68. The molecule has 0 aromatic carbocycles. The van der Waals surface area contributed by atoms with Crippen LogP contribution < -0.4 is 31.4 Å². The Bertz CT molecular complexity index is 4760. The van der Waals surface area contributed by atoms with Crippen LogP contribution in [0.3, 0.4) is 0 Å². The maximum atomic E-state index is 14.5. The van der Waals surface area contributed by atoms with Gasteiger partial charge in [-0.25, -0.2) is 43.1 Å². The summed E-state index contributed by atoms with van der Waals surface area (Å²) in [6.07, 6.45) is 18.2.